The van der Waals surface area contributed by atoms with E-state index in [9.17, 15) is 5.26 Å². The monoisotopic (exact) mass is 581 g/mol. The van der Waals surface area contributed by atoms with Gasteiger partial charge in [0.2, 0.25) is 0 Å². The number of fused-ring (bicyclic) bond motifs is 9. The Balaban J connectivity index is 1.20. The molecule has 0 fully saturated rings. The highest BCUT2D eigenvalue weighted by atomic mass is 14.2. The number of rotatable bonds is 3. The van der Waals surface area contributed by atoms with Gasteiger partial charge in [0, 0.05) is 0 Å². The minimum absolute atomic E-state index is 0.671. The van der Waals surface area contributed by atoms with Crippen LogP contribution in [0.3, 0.4) is 0 Å². The van der Waals surface area contributed by atoms with Gasteiger partial charge < -0.3 is 0 Å². The van der Waals surface area contributed by atoms with E-state index in [0.717, 1.165) is 16.7 Å². The summed E-state index contributed by atoms with van der Waals surface area (Å²) in [6.07, 6.45) is 0. The number of nitriles is 1. The Morgan fingerprint density at radius 2 is 0.804 bits per heavy atom. The Kier molecular flexibility index (Phi) is 5.95. The third kappa shape index (κ3) is 4.16. The fraction of sp³-hybridized carbons (Fsp3) is 0. The summed E-state index contributed by atoms with van der Waals surface area (Å²) in [5.41, 5.74) is 7.63. The first-order valence-corrected chi connectivity index (χ1v) is 15.7. The van der Waals surface area contributed by atoms with Crippen LogP contribution in [-0.2, 0) is 0 Å². The van der Waals surface area contributed by atoms with Gasteiger partial charge in [0.1, 0.15) is 0 Å². The van der Waals surface area contributed by atoms with Crippen molar-refractivity contribution in [3.8, 4) is 39.4 Å². The average Bonchev–Trinajstić information content (AvgIpc) is 3.14. The summed E-state index contributed by atoms with van der Waals surface area (Å²) in [7, 11) is 0. The number of hydrogen-bond donors (Lipinski definition) is 0. The first-order chi connectivity index (χ1) is 22.7. The third-order valence-corrected chi connectivity index (χ3v) is 9.42. The molecule has 0 aliphatic carbocycles. The van der Waals surface area contributed by atoms with E-state index >= 15 is 0 Å². The minimum Gasteiger partial charge on any atom is -0.192 e. The van der Waals surface area contributed by atoms with Gasteiger partial charge in [-0.1, -0.05) is 127 Å². The molecule has 0 aliphatic heterocycles. The van der Waals surface area contributed by atoms with E-state index in [0.29, 0.717) is 5.56 Å². The fourth-order valence-corrected chi connectivity index (χ4v) is 7.25. The van der Waals surface area contributed by atoms with Gasteiger partial charge in [0.25, 0.3) is 0 Å². The molecule has 1 nitrogen and oxygen atoms in total. The van der Waals surface area contributed by atoms with Gasteiger partial charge in [-0.25, -0.2) is 0 Å². The maximum absolute atomic E-state index is 9.36. The van der Waals surface area contributed by atoms with Crippen LogP contribution in [0.15, 0.2) is 164 Å². The molecule has 0 heterocycles. The van der Waals surface area contributed by atoms with Gasteiger partial charge >= 0.3 is 0 Å². The smallest absolute Gasteiger partial charge is 0.0991 e. The Hall–Kier alpha value is -6.23. The highest BCUT2D eigenvalue weighted by molar-refractivity contribution is 6.33. The van der Waals surface area contributed by atoms with Crippen LogP contribution in [-0.4, -0.2) is 0 Å². The van der Waals surface area contributed by atoms with Crippen molar-refractivity contribution in [2.45, 2.75) is 0 Å². The van der Waals surface area contributed by atoms with Crippen molar-refractivity contribution in [2.75, 3.05) is 0 Å². The zero-order valence-corrected chi connectivity index (χ0v) is 25.0. The summed E-state index contributed by atoms with van der Waals surface area (Å²) in [4.78, 5) is 0. The van der Waals surface area contributed by atoms with Gasteiger partial charge in [-0.2, -0.15) is 5.26 Å². The van der Waals surface area contributed by atoms with Gasteiger partial charge in [-0.15, -0.1) is 0 Å². The Labute approximate surface area is 267 Å². The van der Waals surface area contributed by atoms with Crippen LogP contribution in [0.2, 0.25) is 0 Å². The molecule has 9 rings (SSSR count). The van der Waals surface area contributed by atoms with E-state index in [4.69, 9.17) is 0 Å². The number of nitrogens with zero attached hydrogens (tertiary/aromatic N) is 1. The SMILES string of the molecule is N#Cc1cccc(-c2cccc(-c3ccc4cc(-c5cc6c7ccccc7c7ccccc7c6c6ccccc56)ccc4c3)c2)c1. The zero-order chi connectivity index (χ0) is 30.6. The highest BCUT2D eigenvalue weighted by Crippen LogP contribution is 2.43. The molecule has 0 saturated carbocycles. The maximum Gasteiger partial charge on any atom is 0.0991 e. The van der Waals surface area contributed by atoms with Crippen LogP contribution in [0.4, 0.5) is 0 Å². The Morgan fingerprint density at radius 3 is 1.48 bits per heavy atom. The lowest BCUT2D eigenvalue weighted by molar-refractivity contribution is 1.48. The Morgan fingerprint density at radius 1 is 0.326 bits per heavy atom. The predicted molar refractivity (Wildman–Crippen MR) is 195 cm³/mol. The number of benzene rings is 9. The second kappa shape index (κ2) is 10.4. The topological polar surface area (TPSA) is 23.8 Å². The van der Waals surface area contributed by atoms with Crippen molar-refractivity contribution in [2.24, 2.45) is 0 Å². The first kappa shape index (κ1) is 26.2. The van der Waals surface area contributed by atoms with Gasteiger partial charge in [0.05, 0.1) is 11.6 Å². The zero-order valence-electron chi connectivity index (χ0n) is 25.0. The van der Waals surface area contributed by atoms with Crippen molar-refractivity contribution in [3.63, 3.8) is 0 Å². The molecule has 212 valence electrons. The molecule has 0 spiro atoms. The quantitative estimate of drug-likeness (QED) is 0.190. The second-order valence-electron chi connectivity index (χ2n) is 12.0. The van der Waals surface area contributed by atoms with E-state index in [1.165, 1.54) is 70.6 Å². The van der Waals surface area contributed by atoms with Crippen LogP contribution in [0, 0.1) is 11.3 Å². The molecule has 0 aromatic heterocycles. The van der Waals surface area contributed by atoms with Crippen molar-refractivity contribution in [3.05, 3.63) is 169 Å². The summed E-state index contributed by atoms with van der Waals surface area (Å²) in [5, 5.41) is 22.1. The molecule has 0 radical (unpaired) electrons. The molecule has 0 atom stereocenters. The lowest BCUT2D eigenvalue weighted by Gasteiger charge is -2.16. The van der Waals surface area contributed by atoms with Crippen molar-refractivity contribution in [1.82, 2.24) is 0 Å². The molecule has 9 aromatic rings. The van der Waals surface area contributed by atoms with Crippen LogP contribution < -0.4 is 0 Å². The van der Waals surface area contributed by atoms with Crippen LogP contribution in [0.5, 0.6) is 0 Å². The molecule has 0 saturated heterocycles. The van der Waals surface area contributed by atoms with Gasteiger partial charge in [-0.3, -0.25) is 0 Å². The summed E-state index contributed by atoms with van der Waals surface area (Å²) in [5.74, 6) is 0. The molecule has 0 N–H and O–H groups in total. The summed E-state index contributed by atoms with van der Waals surface area (Å²) in [6.45, 7) is 0. The van der Waals surface area contributed by atoms with Crippen molar-refractivity contribution >= 4 is 53.9 Å². The molecule has 1 heteroatoms. The van der Waals surface area contributed by atoms with Gasteiger partial charge in [0.15, 0.2) is 0 Å². The summed E-state index contributed by atoms with van der Waals surface area (Å²) in [6, 6.07) is 61.1. The van der Waals surface area contributed by atoms with Gasteiger partial charge in [-0.05, 0) is 124 Å². The first-order valence-electron chi connectivity index (χ1n) is 15.7. The second-order valence-corrected chi connectivity index (χ2v) is 12.0. The fourth-order valence-electron chi connectivity index (χ4n) is 7.25. The van der Waals surface area contributed by atoms with E-state index in [1.807, 2.05) is 18.2 Å². The molecule has 0 amide bonds. The lowest BCUT2D eigenvalue weighted by atomic mass is 9.87. The Bertz CT molecular complexity index is 2710. The highest BCUT2D eigenvalue weighted by Gasteiger charge is 2.15. The number of hydrogen-bond acceptors (Lipinski definition) is 1. The predicted octanol–water partition coefficient (Wildman–Crippen LogP) is 12.3. The van der Waals surface area contributed by atoms with E-state index in [2.05, 4.69) is 152 Å². The lowest BCUT2D eigenvalue weighted by Crippen LogP contribution is -1.89. The van der Waals surface area contributed by atoms with E-state index in [1.54, 1.807) is 0 Å². The minimum atomic E-state index is 0.671. The molecule has 46 heavy (non-hydrogen) atoms. The van der Waals surface area contributed by atoms with Crippen molar-refractivity contribution < 1.29 is 0 Å². The summed E-state index contributed by atoms with van der Waals surface area (Å²) >= 11 is 0. The van der Waals surface area contributed by atoms with E-state index < -0.39 is 0 Å². The average molecular weight is 582 g/mol. The van der Waals surface area contributed by atoms with E-state index in [-0.39, 0.29) is 0 Å². The van der Waals surface area contributed by atoms with Crippen molar-refractivity contribution in [1.29, 1.82) is 5.26 Å². The third-order valence-electron chi connectivity index (χ3n) is 9.42. The van der Waals surface area contributed by atoms with Crippen LogP contribution >= 0.6 is 0 Å². The molecule has 0 unspecified atom stereocenters. The molecular weight excluding hydrogens is 555 g/mol. The summed E-state index contributed by atoms with van der Waals surface area (Å²) < 4.78 is 0. The standard InChI is InChI=1S/C45H27N/c46-28-29-9-7-10-30(23-29)31-11-8-12-32(24-31)33-19-20-35-26-36(22-21-34(35)25-33)43-27-44-39-15-2-1-13-37(39)38-14-3-5-17-41(38)45(44)42-18-6-4-16-40(42)43/h1-27H. The molecular formula is C45H27N. The normalized spacial score (nSPS) is 11.5. The largest absolute Gasteiger partial charge is 0.192 e. The maximum atomic E-state index is 9.36. The van der Waals surface area contributed by atoms with Crippen LogP contribution in [0.25, 0.3) is 87.2 Å². The molecule has 0 bridgehead atoms. The molecule has 0 aliphatic rings. The molecule has 9 aromatic carbocycles. The van der Waals surface area contributed by atoms with Crippen LogP contribution in [0.1, 0.15) is 5.56 Å².